The van der Waals surface area contributed by atoms with Crippen LogP contribution in [0.4, 0.5) is 5.69 Å². The van der Waals surface area contributed by atoms with Crippen molar-refractivity contribution in [3.63, 3.8) is 0 Å². The zero-order valence-corrected chi connectivity index (χ0v) is 10.8. The Bertz CT molecular complexity index is 426. The van der Waals surface area contributed by atoms with Crippen LogP contribution in [0.3, 0.4) is 0 Å². The molecule has 0 spiro atoms. The second kappa shape index (κ2) is 6.25. The minimum absolute atomic E-state index is 0.238. The van der Waals surface area contributed by atoms with Gasteiger partial charge in [0.25, 0.3) is 0 Å². The van der Waals surface area contributed by atoms with E-state index in [4.69, 9.17) is 4.74 Å². The van der Waals surface area contributed by atoms with E-state index in [2.05, 4.69) is 15.9 Å². The monoisotopic (exact) mass is 266 g/mol. The summed E-state index contributed by atoms with van der Waals surface area (Å²) in [6.07, 6.45) is 0. The predicted octanol–water partition coefficient (Wildman–Crippen LogP) is 1.96. The molecule has 1 aliphatic rings. The third kappa shape index (κ3) is 3.13. The Hall–Kier alpha value is -1.76. The van der Waals surface area contributed by atoms with Crippen LogP contribution in [-0.4, -0.2) is 23.8 Å². The molecule has 96 valence electrons. The number of nitrogens with zero attached hydrogens (tertiary/aromatic N) is 3. The highest BCUT2D eigenvalue weighted by Crippen LogP contribution is 2.25. The summed E-state index contributed by atoms with van der Waals surface area (Å²) in [5.41, 5.74) is 3.49. The van der Waals surface area contributed by atoms with Crippen LogP contribution in [0.5, 0.6) is 0 Å². The molecule has 1 N–H and O–H groups in total. The third-order valence-corrected chi connectivity index (χ3v) is 3.23. The molecular weight excluding hydrogens is 252 g/mol. The Kier molecular flexibility index (Phi) is 4.40. The molecule has 0 fully saturated rings. The number of thioether (sulfide) groups is 1. The van der Waals surface area contributed by atoms with Crippen LogP contribution in [0.1, 0.15) is 6.92 Å². The Morgan fingerprint density at radius 3 is 3.00 bits per heavy atom. The van der Waals surface area contributed by atoms with Crippen molar-refractivity contribution in [1.82, 2.24) is 5.53 Å². The van der Waals surface area contributed by atoms with Gasteiger partial charge in [0.2, 0.25) is 5.50 Å². The van der Waals surface area contributed by atoms with Gasteiger partial charge in [0.05, 0.1) is 18.0 Å². The van der Waals surface area contributed by atoms with Crippen molar-refractivity contribution < 1.29 is 9.53 Å². The number of rotatable bonds is 5. The zero-order valence-electron chi connectivity index (χ0n) is 9.94. The molecule has 0 radical (unpaired) electrons. The standard InChI is InChI=1S/C11H14N4O2S/c1-2-17-10(16)8-18-11-12-13-14-15(11)9-6-4-3-5-7-9/h3-7,11H,2,8H2,1H3,(H,12,14). The van der Waals surface area contributed by atoms with Gasteiger partial charge in [0.1, 0.15) is 0 Å². The molecule has 0 saturated carbocycles. The van der Waals surface area contributed by atoms with Gasteiger partial charge < -0.3 is 4.74 Å². The Morgan fingerprint density at radius 2 is 2.28 bits per heavy atom. The highest BCUT2D eigenvalue weighted by molar-refractivity contribution is 8.00. The number of para-hydroxylation sites is 1. The van der Waals surface area contributed by atoms with Crippen molar-refractivity contribution in [2.75, 3.05) is 17.4 Å². The lowest BCUT2D eigenvalue weighted by atomic mass is 10.3. The van der Waals surface area contributed by atoms with Gasteiger partial charge in [-0.2, -0.15) is 5.53 Å². The maximum Gasteiger partial charge on any atom is 0.316 e. The van der Waals surface area contributed by atoms with E-state index in [1.54, 1.807) is 11.9 Å². The van der Waals surface area contributed by atoms with Crippen LogP contribution in [0, 0.1) is 0 Å². The minimum Gasteiger partial charge on any atom is -0.465 e. The summed E-state index contributed by atoms with van der Waals surface area (Å²) in [5, 5.41) is 9.59. The van der Waals surface area contributed by atoms with Gasteiger partial charge in [-0.3, -0.25) is 4.79 Å². The highest BCUT2D eigenvalue weighted by atomic mass is 32.2. The normalized spacial score (nSPS) is 17.6. The summed E-state index contributed by atoms with van der Waals surface area (Å²) >= 11 is 1.36. The maximum atomic E-state index is 11.3. The van der Waals surface area contributed by atoms with Gasteiger partial charge in [-0.15, -0.1) is 5.11 Å². The first kappa shape index (κ1) is 12.7. The number of ether oxygens (including phenoxy) is 1. The summed E-state index contributed by atoms with van der Waals surface area (Å²) in [4.78, 5) is 11.3. The molecule has 1 aliphatic heterocycles. The lowest BCUT2D eigenvalue weighted by Crippen LogP contribution is -2.36. The molecule has 18 heavy (non-hydrogen) atoms. The molecule has 1 aromatic carbocycles. The Balaban J connectivity index is 1.92. The summed E-state index contributed by atoms with van der Waals surface area (Å²) in [6, 6.07) is 9.70. The zero-order chi connectivity index (χ0) is 12.8. The third-order valence-electron chi connectivity index (χ3n) is 2.22. The van der Waals surface area contributed by atoms with E-state index in [0.717, 1.165) is 5.69 Å². The van der Waals surface area contributed by atoms with Crippen LogP contribution in [0.15, 0.2) is 40.7 Å². The molecule has 1 aromatic rings. The quantitative estimate of drug-likeness (QED) is 0.825. The molecule has 0 aliphatic carbocycles. The molecule has 7 heteroatoms. The second-order valence-corrected chi connectivity index (χ2v) is 4.51. The van der Waals surface area contributed by atoms with Gasteiger partial charge in [0.15, 0.2) is 0 Å². The van der Waals surface area contributed by atoms with Crippen molar-refractivity contribution in [3.05, 3.63) is 30.3 Å². The lowest BCUT2D eigenvalue weighted by molar-refractivity contribution is -0.139. The van der Waals surface area contributed by atoms with E-state index < -0.39 is 0 Å². The van der Waals surface area contributed by atoms with E-state index in [0.29, 0.717) is 6.61 Å². The average molecular weight is 266 g/mol. The molecule has 0 amide bonds. The number of nitrogens with one attached hydrogen (secondary N) is 1. The highest BCUT2D eigenvalue weighted by Gasteiger charge is 2.24. The SMILES string of the molecule is CCOC(=O)CSC1N=NNN1c1ccccc1. The second-order valence-electron chi connectivity index (χ2n) is 3.46. The van der Waals surface area contributed by atoms with E-state index in [1.807, 2.05) is 30.3 Å². The van der Waals surface area contributed by atoms with Crippen molar-refractivity contribution in [2.24, 2.45) is 10.3 Å². The fraction of sp³-hybridized carbons (Fsp3) is 0.364. The van der Waals surface area contributed by atoms with Gasteiger partial charge in [0, 0.05) is 0 Å². The summed E-state index contributed by atoms with van der Waals surface area (Å²) in [5.74, 6) is 0.0142. The van der Waals surface area contributed by atoms with Gasteiger partial charge >= 0.3 is 5.97 Å². The number of hydrazine groups is 1. The predicted molar refractivity (Wildman–Crippen MR) is 69.8 cm³/mol. The summed E-state index contributed by atoms with van der Waals surface area (Å²) in [6.45, 7) is 2.18. The van der Waals surface area contributed by atoms with E-state index >= 15 is 0 Å². The largest absolute Gasteiger partial charge is 0.465 e. The molecular formula is C11H14N4O2S. The number of benzene rings is 1. The first-order valence-electron chi connectivity index (χ1n) is 5.58. The number of carbonyl (C=O) groups is 1. The number of esters is 1. The van der Waals surface area contributed by atoms with E-state index in [1.165, 1.54) is 11.8 Å². The fourth-order valence-corrected chi connectivity index (χ4v) is 2.25. The average Bonchev–Trinajstić information content (AvgIpc) is 2.86. The smallest absolute Gasteiger partial charge is 0.316 e. The number of hydrogen-bond donors (Lipinski definition) is 1. The summed E-state index contributed by atoms with van der Waals surface area (Å²) < 4.78 is 4.87. The van der Waals surface area contributed by atoms with E-state index in [-0.39, 0.29) is 17.2 Å². The van der Waals surface area contributed by atoms with Crippen molar-refractivity contribution in [2.45, 2.75) is 12.4 Å². The minimum atomic E-state index is -0.253. The van der Waals surface area contributed by atoms with Crippen LogP contribution in [-0.2, 0) is 9.53 Å². The Labute approximate surface area is 109 Å². The summed E-state index contributed by atoms with van der Waals surface area (Å²) in [7, 11) is 0. The first-order chi connectivity index (χ1) is 8.81. The number of hydrogen-bond acceptors (Lipinski definition) is 7. The van der Waals surface area contributed by atoms with Crippen LogP contribution < -0.4 is 10.5 Å². The molecule has 1 heterocycles. The fourth-order valence-electron chi connectivity index (χ4n) is 1.45. The number of carbonyl (C=O) groups excluding carboxylic acids is 1. The Morgan fingerprint density at radius 1 is 1.50 bits per heavy atom. The molecule has 1 atom stereocenters. The molecule has 0 saturated heterocycles. The molecule has 1 unspecified atom stereocenters. The lowest BCUT2D eigenvalue weighted by Gasteiger charge is -2.21. The van der Waals surface area contributed by atoms with Crippen LogP contribution >= 0.6 is 11.8 Å². The van der Waals surface area contributed by atoms with Gasteiger partial charge in [-0.25, -0.2) is 5.01 Å². The van der Waals surface area contributed by atoms with Crippen LogP contribution in [0.25, 0.3) is 0 Å². The van der Waals surface area contributed by atoms with E-state index in [9.17, 15) is 4.79 Å². The van der Waals surface area contributed by atoms with Crippen LogP contribution in [0.2, 0.25) is 0 Å². The molecule has 0 bridgehead atoms. The van der Waals surface area contributed by atoms with Gasteiger partial charge in [-0.05, 0) is 19.1 Å². The topological polar surface area (TPSA) is 66.3 Å². The molecule has 6 nitrogen and oxygen atoms in total. The van der Waals surface area contributed by atoms with Crippen molar-refractivity contribution in [1.29, 1.82) is 0 Å². The van der Waals surface area contributed by atoms with Gasteiger partial charge in [-0.1, -0.05) is 35.2 Å². The van der Waals surface area contributed by atoms with Crippen molar-refractivity contribution in [3.8, 4) is 0 Å². The molecule has 2 rings (SSSR count). The first-order valence-corrected chi connectivity index (χ1v) is 6.63. The number of anilines is 1. The molecule has 0 aromatic heterocycles. The van der Waals surface area contributed by atoms with Crippen molar-refractivity contribution >= 4 is 23.4 Å². The maximum absolute atomic E-state index is 11.3.